The summed E-state index contributed by atoms with van der Waals surface area (Å²) in [4.78, 5) is 0. The van der Waals surface area contributed by atoms with Gasteiger partial charge in [0.1, 0.15) is 0 Å². The normalized spacial score (nSPS) is 23.2. The van der Waals surface area contributed by atoms with Gasteiger partial charge in [0, 0.05) is 6.54 Å². The fraction of sp³-hybridized carbons (Fsp3) is 0.684. The standard InChI is InChI=1S/C19H33NSi/c1-16-5-7-17(8-6-16)13-14-20-15-18-9-11-19(12-10-18)21(2,3)4/h9-12,16-17,20H,5-8,13-15H2,1-4H3. The topological polar surface area (TPSA) is 12.0 Å². The summed E-state index contributed by atoms with van der Waals surface area (Å²) in [5.41, 5.74) is 1.43. The largest absolute Gasteiger partial charge is 0.313 e. The van der Waals surface area contributed by atoms with Crippen LogP contribution >= 0.6 is 0 Å². The maximum Gasteiger partial charge on any atom is 0.0775 e. The maximum absolute atomic E-state index is 3.63. The first-order valence-corrected chi connectivity index (χ1v) is 12.3. The second kappa shape index (κ2) is 7.60. The van der Waals surface area contributed by atoms with Crippen molar-refractivity contribution in [2.45, 2.75) is 65.2 Å². The summed E-state index contributed by atoms with van der Waals surface area (Å²) in [5.74, 6) is 1.95. The second-order valence-corrected chi connectivity index (χ2v) is 13.1. The first-order chi connectivity index (χ1) is 9.95. The van der Waals surface area contributed by atoms with E-state index in [9.17, 15) is 0 Å². The van der Waals surface area contributed by atoms with Gasteiger partial charge in [-0.05, 0) is 30.4 Å². The van der Waals surface area contributed by atoms with E-state index < -0.39 is 8.07 Å². The predicted molar refractivity (Wildman–Crippen MR) is 96.9 cm³/mol. The minimum absolute atomic E-state index is 0.971. The predicted octanol–water partition coefficient (Wildman–Crippen LogP) is 4.54. The molecule has 0 heterocycles. The van der Waals surface area contributed by atoms with Crippen LogP contribution in [-0.2, 0) is 6.54 Å². The number of hydrogen-bond acceptors (Lipinski definition) is 1. The van der Waals surface area contributed by atoms with Crippen molar-refractivity contribution in [3.8, 4) is 0 Å². The van der Waals surface area contributed by atoms with Crippen molar-refractivity contribution in [3.05, 3.63) is 29.8 Å². The van der Waals surface area contributed by atoms with E-state index in [-0.39, 0.29) is 0 Å². The molecular weight excluding hydrogens is 270 g/mol. The highest BCUT2D eigenvalue weighted by molar-refractivity contribution is 6.88. The number of rotatable bonds is 6. The Balaban J connectivity index is 1.67. The summed E-state index contributed by atoms with van der Waals surface area (Å²) in [6.45, 7) is 11.8. The summed E-state index contributed by atoms with van der Waals surface area (Å²) in [6.07, 6.45) is 7.16. The average molecular weight is 304 g/mol. The lowest BCUT2D eigenvalue weighted by atomic mass is 9.81. The zero-order chi connectivity index (χ0) is 15.3. The van der Waals surface area contributed by atoms with E-state index in [0.29, 0.717) is 0 Å². The molecule has 0 aromatic heterocycles. The molecule has 0 saturated heterocycles. The molecule has 0 amide bonds. The van der Waals surface area contributed by atoms with Gasteiger partial charge in [0.15, 0.2) is 0 Å². The van der Waals surface area contributed by atoms with Gasteiger partial charge in [0.25, 0.3) is 0 Å². The molecule has 21 heavy (non-hydrogen) atoms. The van der Waals surface area contributed by atoms with Crippen LogP contribution < -0.4 is 10.5 Å². The Hall–Kier alpha value is -0.603. The minimum Gasteiger partial charge on any atom is -0.313 e. The lowest BCUT2D eigenvalue weighted by Gasteiger charge is -2.26. The molecule has 1 fully saturated rings. The van der Waals surface area contributed by atoms with E-state index in [4.69, 9.17) is 0 Å². The van der Waals surface area contributed by atoms with Crippen molar-refractivity contribution < 1.29 is 0 Å². The summed E-state index contributed by atoms with van der Waals surface area (Å²) in [6, 6.07) is 9.29. The molecular formula is C19H33NSi. The van der Waals surface area contributed by atoms with Crippen LogP contribution in [0, 0.1) is 11.8 Å². The molecule has 0 radical (unpaired) electrons. The van der Waals surface area contributed by atoms with Gasteiger partial charge in [-0.2, -0.15) is 0 Å². The quantitative estimate of drug-likeness (QED) is 0.601. The summed E-state index contributed by atoms with van der Waals surface area (Å²) in [5, 5.41) is 5.19. The van der Waals surface area contributed by atoms with Crippen molar-refractivity contribution in [2.24, 2.45) is 11.8 Å². The maximum atomic E-state index is 3.63. The molecule has 1 aliphatic rings. The van der Waals surface area contributed by atoms with Crippen molar-refractivity contribution in [1.82, 2.24) is 5.32 Å². The lowest BCUT2D eigenvalue weighted by molar-refractivity contribution is 0.275. The van der Waals surface area contributed by atoms with E-state index >= 15 is 0 Å². The third kappa shape index (κ3) is 5.59. The van der Waals surface area contributed by atoms with E-state index in [1.807, 2.05) is 0 Å². The first-order valence-electron chi connectivity index (χ1n) is 8.75. The fourth-order valence-corrected chi connectivity index (χ4v) is 4.45. The fourth-order valence-electron chi connectivity index (χ4n) is 3.28. The third-order valence-electron chi connectivity index (χ3n) is 5.01. The number of benzene rings is 1. The highest BCUT2D eigenvalue weighted by atomic mass is 28.3. The Morgan fingerprint density at radius 1 is 1.00 bits per heavy atom. The van der Waals surface area contributed by atoms with E-state index in [1.54, 1.807) is 5.19 Å². The van der Waals surface area contributed by atoms with Crippen LogP contribution in [0.25, 0.3) is 0 Å². The molecule has 1 saturated carbocycles. The minimum atomic E-state index is -1.14. The van der Waals surface area contributed by atoms with Gasteiger partial charge in [-0.3, -0.25) is 0 Å². The first kappa shape index (κ1) is 16.8. The van der Waals surface area contributed by atoms with Gasteiger partial charge in [0.05, 0.1) is 8.07 Å². The van der Waals surface area contributed by atoms with Crippen molar-refractivity contribution in [3.63, 3.8) is 0 Å². The van der Waals surface area contributed by atoms with E-state index in [0.717, 1.165) is 18.4 Å². The lowest BCUT2D eigenvalue weighted by Crippen LogP contribution is -2.37. The van der Waals surface area contributed by atoms with Crippen molar-refractivity contribution in [2.75, 3.05) is 6.54 Å². The molecule has 1 aromatic carbocycles. The smallest absolute Gasteiger partial charge is 0.0775 e. The van der Waals surface area contributed by atoms with Crippen molar-refractivity contribution >= 4 is 13.3 Å². The Labute approximate surface area is 132 Å². The Morgan fingerprint density at radius 3 is 2.19 bits per heavy atom. The van der Waals surface area contributed by atoms with Gasteiger partial charge >= 0.3 is 0 Å². The Morgan fingerprint density at radius 2 is 1.62 bits per heavy atom. The van der Waals surface area contributed by atoms with Gasteiger partial charge in [0.2, 0.25) is 0 Å². The van der Waals surface area contributed by atoms with Crippen LogP contribution in [0.15, 0.2) is 24.3 Å². The van der Waals surface area contributed by atoms with Crippen LogP contribution in [-0.4, -0.2) is 14.6 Å². The Bertz CT molecular complexity index is 410. The molecule has 2 rings (SSSR count). The number of hydrogen-bond donors (Lipinski definition) is 1. The molecule has 1 nitrogen and oxygen atoms in total. The van der Waals surface area contributed by atoms with Crippen molar-refractivity contribution in [1.29, 1.82) is 0 Å². The second-order valence-electron chi connectivity index (χ2n) is 8.04. The summed E-state index contributed by atoms with van der Waals surface area (Å²) < 4.78 is 0. The highest BCUT2D eigenvalue weighted by Crippen LogP contribution is 2.29. The Kier molecular flexibility index (Phi) is 6.06. The zero-order valence-electron chi connectivity index (χ0n) is 14.4. The summed E-state index contributed by atoms with van der Waals surface area (Å²) in [7, 11) is -1.14. The monoisotopic (exact) mass is 303 g/mol. The average Bonchev–Trinajstić information content (AvgIpc) is 2.45. The molecule has 0 spiro atoms. The van der Waals surface area contributed by atoms with E-state index in [2.05, 4.69) is 56.1 Å². The summed E-state index contributed by atoms with van der Waals surface area (Å²) >= 11 is 0. The molecule has 2 heteroatoms. The highest BCUT2D eigenvalue weighted by Gasteiger charge is 2.17. The molecule has 118 valence electrons. The molecule has 0 atom stereocenters. The zero-order valence-corrected chi connectivity index (χ0v) is 15.4. The van der Waals surface area contributed by atoms with Crippen LogP contribution in [0.2, 0.25) is 19.6 Å². The SMILES string of the molecule is CC1CCC(CCNCc2ccc([Si](C)(C)C)cc2)CC1. The van der Waals surface area contributed by atoms with Gasteiger partial charge in [-0.25, -0.2) is 0 Å². The van der Waals surface area contributed by atoms with Gasteiger partial charge in [-0.1, -0.05) is 81.7 Å². The van der Waals surface area contributed by atoms with Gasteiger partial charge < -0.3 is 5.32 Å². The molecule has 0 aliphatic heterocycles. The molecule has 1 aromatic rings. The molecule has 1 N–H and O–H groups in total. The number of nitrogens with one attached hydrogen (secondary N) is 1. The molecule has 1 aliphatic carbocycles. The van der Waals surface area contributed by atoms with Gasteiger partial charge in [-0.15, -0.1) is 0 Å². The third-order valence-corrected chi connectivity index (χ3v) is 7.08. The van der Waals surface area contributed by atoms with Crippen LogP contribution in [0.1, 0.15) is 44.6 Å². The molecule has 0 bridgehead atoms. The van der Waals surface area contributed by atoms with Crippen LogP contribution in [0.5, 0.6) is 0 Å². The van der Waals surface area contributed by atoms with Crippen LogP contribution in [0.3, 0.4) is 0 Å². The van der Waals surface area contributed by atoms with E-state index in [1.165, 1.54) is 44.2 Å². The molecule has 0 unspecified atom stereocenters. The van der Waals surface area contributed by atoms with Crippen LogP contribution in [0.4, 0.5) is 0 Å².